The Morgan fingerprint density at radius 3 is 2.60 bits per heavy atom. The maximum atomic E-state index is 12.1. The molecule has 0 aromatic rings. The van der Waals surface area contributed by atoms with Crippen molar-refractivity contribution in [1.82, 2.24) is 5.32 Å². The van der Waals surface area contributed by atoms with E-state index in [1.54, 1.807) is 0 Å². The molecule has 1 aliphatic carbocycles. The normalized spacial score (nSPS) is 25.3. The SMILES string of the molecule is NC(=S)C(NC(=O)CCC1CCCO1)C1CCCCC1. The van der Waals surface area contributed by atoms with Crippen LogP contribution in [0.25, 0.3) is 0 Å². The van der Waals surface area contributed by atoms with Crippen molar-refractivity contribution in [1.29, 1.82) is 0 Å². The zero-order chi connectivity index (χ0) is 14.4. The largest absolute Gasteiger partial charge is 0.392 e. The van der Waals surface area contributed by atoms with Gasteiger partial charge in [-0.05, 0) is 38.0 Å². The van der Waals surface area contributed by atoms with Crippen LogP contribution in [0.5, 0.6) is 0 Å². The van der Waals surface area contributed by atoms with Gasteiger partial charge in [0.1, 0.15) is 0 Å². The summed E-state index contributed by atoms with van der Waals surface area (Å²) >= 11 is 5.15. The van der Waals surface area contributed by atoms with Gasteiger partial charge in [-0.15, -0.1) is 0 Å². The minimum atomic E-state index is -0.123. The number of ether oxygens (including phenoxy) is 1. The van der Waals surface area contributed by atoms with Gasteiger partial charge in [-0.25, -0.2) is 0 Å². The van der Waals surface area contributed by atoms with Crippen LogP contribution in [0, 0.1) is 5.92 Å². The number of carbonyl (C=O) groups is 1. The molecule has 1 saturated carbocycles. The second-order valence-corrected chi connectivity index (χ2v) is 6.49. The number of thiocarbonyl (C=S) groups is 1. The number of rotatable bonds is 6. The molecule has 4 nitrogen and oxygen atoms in total. The van der Waals surface area contributed by atoms with Crippen LogP contribution >= 0.6 is 12.2 Å². The molecule has 5 heteroatoms. The van der Waals surface area contributed by atoms with Crippen LogP contribution in [0.4, 0.5) is 0 Å². The third-order valence-corrected chi connectivity index (χ3v) is 4.72. The van der Waals surface area contributed by atoms with Gasteiger partial charge in [0, 0.05) is 13.0 Å². The summed E-state index contributed by atoms with van der Waals surface area (Å²) in [6.07, 6.45) is 9.73. The molecule has 3 N–H and O–H groups in total. The van der Waals surface area contributed by atoms with E-state index in [1.165, 1.54) is 19.3 Å². The van der Waals surface area contributed by atoms with Crippen molar-refractivity contribution in [3.63, 3.8) is 0 Å². The average molecular weight is 298 g/mol. The van der Waals surface area contributed by atoms with Crippen molar-refractivity contribution in [2.75, 3.05) is 6.61 Å². The van der Waals surface area contributed by atoms with E-state index in [-0.39, 0.29) is 18.1 Å². The molecule has 2 unspecified atom stereocenters. The Morgan fingerprint density at radius 1 is 1.25 bits per heavy atom. The maximum absolute atomic E-state index is 12.1. The van der Waals surface area contributed by atoms with Crippen molar-refractivity contribution >= 4 is 23.1 Å². The summed E-state index contributed by atoms with van der Waals surface area (Å²) in [5.41, 5.74) is 5.83. The fourth-order valence-corrected chi connectivity index (χ4v) is 3.55. The Bertz CT molecular complexity index is 337. The summed E-state index contributed by atoms with van der Waals surface area (Å²) < 4.78 is 5.54. The fourth-order valence-electron chi connectivity index (χ4n) is 3.30. The van der Waals surface area contributed by atoms with Crippen LogP contribution < -0.4 is 11.1 Å². The van der Waals surface area contributed by atoms with Crippen molar-refractivity contribution in [3.8, 4) is 0 Å². The van der Waals surface area contributed by atoms with E-state index in [0.717, 1.165) is 38.7 Å². The molecule has 0 bridgehead atoms. The zero-order valence-corrected chi connectivity index (χ0v) is 12.9. The number of hydrogen-bond acceptors (Lipinski definition) is 3. The molecule has 1 amide bonds. The molecule has 2 rings (SSSR count). The molecule has 1 aliphatic heterocycles. The van der Waals surface area contributed by atoms with E-state index in [2.05, 4.69) is 5.32 Å². The summed E-state index contributed by atoms with van der Waals surface area (Å²) in [7, 11) is 0. The minimum Gasteiger partial charge on any atom is -0.392 e. The first-order chi connectivity index (χ1) is 9.66. The van der Waals surface area contributed by atoms with Crippen LogP contribution in [0.3, 0.4) is 0 Å². The smallest absolute Gasteiger partial charge is 0.220 e. The van der Waals surface area contributed by atoms with Crippen molar-refractivity contribution < 1.29 is 9.53 Å². The highest BCUT2D eigenvalue weighted by Gasteiger charge is 2.27. The Labute approximate surface area is 126 Å². The van der Waals surface area contributed by atoms with E-state index in [1.807, 2.05) is 0 Å². The highest BCUT2D eigenvalue weighted by Crippen LogP contribution is 2.27. The Kier molecular flexibility index (Phi) is 6.23. The summed E-state index contributed by atoms with van der Waals surface area (Å²) in [5.74, 6) is 0.483. The topological polar surface area (TPSA) is 64.3 Å². The second-order valence-electron chi connectivity index (χ2n) is 6.02. The zero-order valence-electron chi connectivity index (χ0n) is 12.1. The van der Waals surface area contributed by atoms with Crippen molar-refractivity contribution in [3.05, 3.63) is 0 Å². The van der Waals surface area contributed by atoms with E-state index in [4.69, 9.17) is 22.7 Å². The highest BCUT2D eigenvalue weighted by molar-refractivity contribution is 7.80. The number of carbonyl (C=O) groups excluding carboxylic acids is 1. The molecule has 0 spiro atoms. The predicted molar refractivity (Wildman–Crippen MR) is 83.5 cm³/mol. The van der Waals surface area contributed by atoms with Crippen molar-refractivity contribution in [2.24, 2.45) is 11.7 Å². The van der Waals surface area contributed by atoms with Gasteiger partial charge in [0.25, 0.3) is 0 Å². The molecule has 114 valence electrons. The number of nitrogens with two attached hydrogens (primary N) is 1. The predicted octanol–water partition coefficient (Wildman–Crippen LogP) is 2.30. The van der Waals surface area contributed by atoms with Gasteiger partial charge in [-0.1, -0.05) is 31.5 Å². The Hall–Kier alpha value is -0.680. The molecule has 0 aromatic carbocycles. The Balaban J connectivity index is 1.77. The lowest BCUT2D eigenvalue weighted by Gasteiger charge is -2.30. The number of amides is 1. The molecule has 2 fully saturated rings. The van der Waals surface area contributed by atoms with Crippen molar-refractivity contribution in [2.45, 2.75) is 69.9 Å². The van der Waals surface area contributed by atoms with Gasteiger partial charge in [0.15, 0.2) is 0 Å². The van der Waals surface area contributed by atoms with E-state index in [0.29, 0.717) is 17.3 Å². The first-order valence-corrected chi connectivity index (χ1v) is 8.28. The monoisotopic (exact) mass is 298 g/mol. The van der Waals surface area contributed by atoms with Crippen LogP contribution in [-0.2, 0) is 9.53 Å². The average Bonchev–Trinajstić information content (AvgIpc) is 2.96. The lowest BCUT2D eigenvalue weighted by atomic mass is 9.83. The van der Waals surface area contributed by atoms with Crippen LogP contribution in [0.1, 0.15) is 57.8 Å². The molecular formula is C15H26N2O2S. The Morgan fingerprint density at radius 2 is 2.00 bits per heavy atom. The summed E-state index contributed by atoms with van der Waals surface area (Å²) in [6.45, 7) is 0.837. The summed E-state index contributed by atoms with van der Waals surface area (Å²) in [6, 6.07) is -0.123. The third kappa shape index (κ3) is 4.70. The lowest BCUT2D eigenvalue weighted by Crippen LogP contribution is -2.48. The van der Waals surface area contributed by atoms with Gasteiger partial charge in [-0.2, -0.15) is 0 Å². The standard InChI is InChI=1S/C15H26N2O2S/c16-15(20)14(11-5-2-1-3-6-11)17-13(18)9-8-12-7-4-10-19-12/h11-12,14H,1-10H2,(H2,16,20)(H,17,18). The third-order valence-electron chi connectivity index (χ3n) is 4.46. The maximum Gasteiger partial charge on any atom is 0.220 e. The van der Waals surface area contributed by atoms with Gasteiger partial charge in [0.05, 0.1) is 17.1 Å². The van der Waals surface area contributed by atoms with Gasteiger partial charge >= 0.3 is 0 Å². The van der Waals surface area contributed by atoms with E-state index >= 15 is 0 Å². The summed E-state index contributed by atoms with van der Waals surface area (Å²) in [5, 5.41) is 3.05. The molecule has 0 radical (unpaired) electrons. The van der Waals surface area contributed by atoms with E-state index in [9.17, 15) is 4.79 Å². The van der Waals surface area contributed by atoms with Gasteiger partial charge in [0.2, 0.25) is 5.91 Å². The van der Waals surface area contributed by atoms with Gasteiger partial charge < -0.3 is 15.8 Å². The molecule has 2 atom stereocenters. The quantitative estimate of drug-likeness (QED) is 0.739. The molecular weight excluding hydrogens is 272 g/mol. The van der Waals surface area contributed by atoms with Crippen LogP contribution in [0.2, 0.25) is 0 Å². The number of hydrogen-bond donors (Lipinski definition) is 2. The first kappa shape index (κ1) is 15.7. The lowest BCUT2D eigenvalue weighted by molar-refractivity contribution is -0.122. The van der Waals surface area contributed by atoms with Crippen LogP contribution in [-0.4, -0.2) is 29.6 Å². The first-order valence-electron chi connectivity index (χ1n) is 7.87. The fraction of sp³-hybridized carbons (Fsp3) is 0.867. The number of nitrogens with one attached hydrogen (secondary N) is 1. The molecule has 20 heavy (non-hydrogen) atoms. The van der Waals surface area contributed by atoms with E-state index < -0.39 is 0 Å². The van der Waals surface area contributed by atoms with Gasteiger partial charge in [-0.3, -0.25) is 4.79 Å². The minimum absolute atomic E-state index is 0.0591. The summed E-state index contributed by atoms with van der Waals surface area (Å²) in [4.78, 5) is 12.5. The molecule has 1 saturated heterocycles. The highest BCUT2D eigenvalue weighted by atomic mass is 32.1. The van der Waals surface area contributed by atoms with Crippen LogP contribution in [0.15, 0.2) is 0 Å². The molecule has 2 aliphatic rings. The second kappa shape index (κ2) is 7.93. The molecule has 1 heterocycles. The molecule has 0 aromatic heterocycles.